The van der Waals surface area contributed by atoms with Crippen LogP contribution in [0.4, 0.5) is 4.39 Å². The number of rotatable bonds is 6. The van der Waals surface area contributed by atoms with Gasteiger partial charge in [-0.05, 0) is 67.6 Å². The summed E-state index contributed by atoms with van der Waals surface area (Å²) in [6, 6.07) is 19.2. The summed E-state index contributed by atoms with van der Waals surface area (Å²) < 4.78 is 27.9. The highest BCUT2D eigenvalue weighted by Crippen LogP contribution is 2.39. The van der Waals surface area contributed by atoms with Crippen molar-refractivity contribution in [3.05, 3.63) is 88.9 Å². The lowest BCUT2D eigenvalue weighted by atomic mass is 9.91. The SMILES string of the molecule is COc1ccc(-c2cccc(-c3cc4nc(C)c(CC(=O)O)c(-c5cc(F)c6c(c5C)CCCO6)n4n3)c2)cc1. The van der Waals surface area contributed by atoms with Gasteiger partial charge in [0.15, 0.2) is 17.2 Å². The standard InChI is InChI=1S/C32H28FN3O4/c1-18-24-8-5-13-40-32(24)27(33)15-25(18)31-26(16-30(37)38)19(2)34-29-17-28(35-36(29)31)22-7-4-6-21(14-22)20-9-11-23(39-3)12-10-20/h4,6-7,9-12,14-15,17H,5,8,13,16H2,1-3H3,(H,37,38). The molecule has 0 saturated carbocycles. The first kappa shape index (κ1) is 25.6. The number of halogens is 1. The number of nitrogens with zero attached hydrogens (tertiary/aromatic N) is 3. The molecule has 202 valence electrons. The third kappa shape index (κ3) is 4.45. The van der Waals surface area contributed by atoms with E-state index in [0.717, 1.165) is 40.0 Å². The van der Waals surface area contributed by atoms with E-state index in [9.17, 15) is 9.90 Å². The van der Waals surface area contributed by atoms with Crippen LogP contribution in [0.25, 0.3) is 39.3 Å². The van der Waals surface area contributed by atoms with Gasteiger partial charge in [-0.2, -0.15) is 5.10 Å². The quantitative estimate of drug-likeness (QED) is 0.268. The molecule has 0 spiro atoms. The topological polar surface area (TPSA) is 86.0 Å². The molecule has 0 amide bonds. The molecule has 5 aromatic rings. The van der Waals surface area contributed by atoms with Crippen molar-refractivity contribution in [2.24, 2.45) is 0 Å². The number of fused-ring (bicyclic) bond motifs is 2. The van der Waals surface area contributed by atoms with E-state index in [2.05, 4.69) is 6.07 Å². The number of carboxylic acid groups (broad SMARTS) is 1. The first-order valence-corrected chi connectivity index (χ1v) is 13.1. The van der Waals surface area contributed by atoms with E-state index >= 15 is 4.39 Å². The number of hydrogen-bond donors (Lipinski definition) is 1. The first-order valence-electron chi connectivity index (χ1n) is 13.1. The Bertz CT molecular complexity index is 1780. The summed E-state index contributed by atoms with van der Waals surface area (Å²) in [4.78, 5) is 16.6. The van der Waals surface area contributed by atoms with Crippen LogP contribution in [-0.4, -0.2) is 39.4 Å². The number of aromatic nitrogens is 3. The Morgan fingerprint density at radius 3 is 2.60 bits per heavy atom. The normalized spacial score (nSPS) is 12.7. The second-order valence-electron chi connectivity index (χ2n) is 9.99. The van der Waals surface area contributed by atoms with Gasteiger partial charge in [-0.3, -0.25) is 4.79 Å². The zero-order valence-corrected chi connectivity index (χ0v) is 22.5. The Kier molecular flexibility index (Phi) is 6.46. The van der Waals surface area contributed by atoms with Gasteiger partial charge in [0.1, 0.15) is 5.75 Å². The molecule has 3 aromatic carbocycles. The Labute approximate surface area is 230 Å². The van der Waals surface area contributed by atoms with E-state index in [1.807, 2.05) is 55.5 Å². The van der Waals surface area contributed by atoms with Crippen LogP contribution in [0, 0.1) is 19.7 Å². The van der Waals surface area contributed by atoms with Gasteiger partial charge in [0.25, 0.3) is 0 Å². The lowest BCUT2D eigenvalue weighted by molar-refractivity contribution is -0.136. The molecule has 2 aromatic heterocycles. The molecule has 0 radical (unpaired) electrons. The fourth-order valence-electron chi connectivity index (χ4n) is 5.48. The molecule has 0 bridgehead atoms. The minimum atomic E-state index is -0.996. The molecular formula is C32H28FN3O4. The molecule has 1 aliphatic rings. The van der Waals surface area contributed by atoms with Crippen molar-refractivity contribution in [1.82, 2.24) is 14.6 Å². The maximum Gasteiger partial charge on any atom is 0.307 e. The summed E-state index contributed by atoms with van der Waals surface area (Å²) in [7, 11) is 1.64. The highest BCUT2D eigenvalue weighted by Gasteiger charge is 2.26. The Hall–Kier alpha value is -4.72. The molecule has 0 atom stereocenters. The number of aryl methyl sites for hydroxylation is 1. The summed E-state index contributed by atoms with van der Waals surface area (Å²) in [5, 5.41) is 14.6. The number of methoxy groups -OCH3 is 1. The van der Waals surface area contributed by atoms with Crippen LogP contribution in [0.3, 0.4) is 0 Å². The van der Waals surface area contributed by atoms with E-state index in [4.69, 9.17) is 19.6 Å². The van der Waals surface area contributed by atoms with Crippen molar-refractivity contribution in [2.75, 3.05) is 13.7 Å². The first-order chi connectivity index (χ1) is 19.3. The molecule has 0 fully saturated rings. The average molecular weight is 538 g/mol. The fourth-order valence-corrected chi connectivity index (χ4v) is 5.48. The van der Waals surface area contributed by atoms with Gasteiger partial charge >= 0.3 is 5.97 Å². The Balaban J connectivity index is 1.54. The van der Waals surface area contributed by atoms with E-state index in [1.54, 1.807) is 18.5 Å². The number of carboxylic acids is 1. The van der Waals surface area contributed by atoms with Crippen LogP contribution in [0.15, 0.2) is 60.7 Å². The minimum absolute atomic E-state index is 0.263. The molecule has 0 saturated heterocycles. The van der Waals surface area contributed by atoms with Gasteiger partial charge in [0, 0.05) is 34.0 Å². The number of ether oxygens (including phenoxy) is 2. The maximum absolute atomic E-state index is 15.3. The van der Waals surface area contributed by atoms with Crippen molar-refractivity contribution in [3.63, 3.8) is 0 Å². The van der Waals surface area contributed by atoms with E-state index in [1.165, 1.54) is 6.07 Å². The van der Waals surface area contributed by atoms with E-state index < -0.39 is 11.8 Å². The van der Waals surface area contributed by atoms with E-state index in [0.29, 0.717) is 46.9 Å². The second-order valence-corrected chi connectivity index (χ2v) is 9.99. The van der Waals surface area contributed by atoms with Crippen LogP contribution in [0.1, 0.15) is 28.8 Å². The van der Waals surface area contributed by atoms with Crippen LogP contribution in [0.2, 0.25) is 0 Å². The molecule has 3 heterocycles. The van der Waals surface area contributed by atoms with Gasteiger partial charge in [0.2, 0.25) is 0 Å². The van der Waals surface area contributed by atoms with Gasteiger partial charge < -0.3 is 14.6 Å². The third-order valence-corrected chi connectivity index (χ3v) is 7.51. The van der Waals surface area contributed by atoms with Crippen molar-refractivity contribution < 1.29 is 23.8 Å². The molecular weight excluding hydrogens is 509 g/mol. The molecule has 7 nitrogen and oxygen atoms in total. The van der Waals surface area contributed by atoms with Crippen LogP contribution in [0.5, 0.6) is 11.5 Å². The Morgan fingerprint density at radius 2 is 1.85 bits per heavy atom. The van der Waals surface area contributed by atoms with Crippen molar-refractivity contribution in [3.8, 4) is 45.1 Å². The predicted molar refractivity (Wildman–Crippen MR) is 150 cm³/mol. The smallest absolute Gasteiger partial charge is 0.307 e. The number of aliphatic carboxylic acids is 1. The summed E-state index contributed by atoms with van der Waals surface area (Å²) in [5.41, 5.74) is 8.02. The zero-order chi connectivity index (χ0) is 28.0. The highest BCUT2D eigenvalue weighted by molar-refractivity contribution is 5.80. The molecule has 1 N–H and O–H groups in total. The van der Waals surface area contributed by atoms with Gasteiger partial charge in [-0.1, -0.05) is 30.3 Å². The molecule has 6 rings (SSSR count). The van der Waals surface area contributed by atoms with Crippen molar-refractivity contribution in [2.45, 2.75) is 33.1 Å². The monoisotopic (exact) mass is 537 g/mol. The van der Waals surface area contributed by atoms with Crippen molar-refractivity contribution in [1.29, 1.82) is 0 Å². The summed E-state index contributed by atoms with van der Waals surface area (Å²) in [5.74, 6) is -0.388. The molecule has 0 unspecified atom stereocenters. The lowest BCUT2D eigenvalue weighted by Gasteiger charge is -2.23. The number of carbonyl (C=O) groups is 1. The third-order valence-electron chi connectivity index (χ3n) is 7.51. The highest BCUT2D eigenvalue weighted by atomic mass is 19.1. The summed E-state index contributed by atoms with van der Waals surface area (Å²) in [6.45, 7) is 4.19. The number of benzene rings is 3. The average Bonchev–Trinajstić information content (AvgIpc) is 3.39. The van der Waals surface area contributed by atoms with Crippen LogP contribution in [-0.2, 0) is 17.6 Å². The zero-order valence-electron chi connectivity index (χ0n) is 22.5. The Morgan fingerprint density at radius 1 is 1.07 bits per heavy atom. The molecule has 8 heteroatoms. The minimum Gasteiger partial charge on any atom is -0.497 e. The van der Waals surface area contributed by atoms with Crippen LogP contribution < -0.4 is 9.47 Å². The summed E-state index contributed by atoms with van der Waals surface area (Å²) >= 11 is 0. The summed E-state index contributed by atoms with van der Waals surface area (Å²) in [6.07, 6.45) is 1.22. The predicted octanol–water partition coefficient (Wildman–Crippen LogP) is 6.45. The van der Waals surface area contributed by atoms with E-state index in [-0.39, 0.29) is 12.2 Å². The lowest BCUT2D eigenvalue weighted by Crippen LogP contribution is -2.14. The molecule has 1 aliphatic heterocycles. The largest absolute Gasteiger partial charge is 0.497 e. The van der Waals surface area contributed by atoms with Gasteiger partial charge in [0.05, 0.1) is 31.5 Å². The number of hydrogen-bond acceptors (Lipinski definition) is 5. The maximum atomic E-state index is 15.3. The van der Waals surface area contributed by atoms with Gasteiger partial charge in [-0.25, -0.2) is 13.9 Å². The van der Waals surface area contributed by atoms with Crippen molar-refractivity contribution >= 4 is 11.6 Å². The van der Waals surface area contributed by atoms with Crippen LogP contribution >= 0.6 is 0 Å². The molecule has 40 heavy (non-hydrogen) atoms. The second kappa shape index (κ2) is 10.1. The molecule has 0 aliphatic carbocycles. The fraction of sp³-hybridized carbons (Fsp3) is 0.219. The van der Waals surface area contributed by atoms with Gasteiger partial charge in [-0.15, -0.1) is 0 Å².